The van der Waals surface area contributed by atoms with Gasteiger partial charge in [-0.3, -0.25) is 30.6 Å². The van der Waals surface area contributed by atoms with Gasteiger partial charge in [-0.1, -0.05) is 12.1 Å². The van der Waals surface area contributed by atoms with E-state index in [1.807, 2.05) is 0 Å². The number of nitrogens with zero attached hydrogens (tertiary/aromatic N) is 4. The van der Waals surface area contributed by atoms with Gasteiger partial charge in [0.05, 0.1) is 16.2 Å². The molecule has 0 saturated carbocycles. The van der Waals surface area contributed by atoms with Gasteiger partial charge in [0.15, 0.2) is 0 Å². The number of carbonyl (C=O) groups excluding carboxylic acids is 2. The van der Waals surface area contributed by atoms with Gasteiger partial charge < -0.3 is 5.73 Å². The molecule has 0 aromatic heterocycles. The average Bonchev–Trinajstić information content (AvgIpc) is 2.67. The number of carbonyl (C=O) groups is 2. The Bertz CT molecular complexity index is 935. The van der Waals surface area contributed by atoms with Crippen LogP contribution in [-0.4, -0.2) is 22.8 Å². The molecule has 2 rings (SSSR count). The largest absolute Gasteiger partial charge is 0.398 e. The number of benzene rings is 2. The van der Waals surface area contributed by atoms with Crippen molar-refractivity contribution >= 4 is 28.9 Å². The Kier molecular flexibility index (Phi) is 6.10. The summed E-state index contributed by atoms with van der Waals surface area (Å²) in [6, 6.07) is 11.4. The van der Waals surface area contributed by atoms with E-state index in [1.165, 1.54) is 36.4 Å². The lowest BCUT2D eigenvalue weighted by Crippen LogP contribution is -2.45. The summed E-state index contributed by atoms with van der Waals surface area (Å²) >= 11 is 0. The second-order valence-electron chi connectivity index (χ2n) is 5.05. The Morgan fingerprint density at radius 1 is 1.15 bits per heavy atom. The number of anilines is 1. The van der Waals surface area contributed by atoms with Crippen molar-refractivity contribution in [3.05, 3.63) is 64.2 Å². The lowest BCUT2D eigenvalue weighted by atomic mass is 10.2. The molecule has 2 amide bonds. The third kappa shape index (κ3) is 5.07. The topological polar surface area (TPSA) is 176 Å². The minimum atomic E-state index is -1.53. The van der Waals surface area contributed by atoms with E-state index in [4.69, 9.17) is 11.0 Å². The molecule has 4 N–H and O–H groups in total. The van der Waals surface area contributed by atoms with E-state index in [9.17, 15) is 19.7 Å². The van der Waals surface area contributed by atoms with Crippen LogP contribution in [0, 0.1) is 21.4 Å². The SMILES string of the molecule is N#C[C@@H](N=Nc1ccc([N+](=O)[O-])cc1)C(=O)NNC(=O)c1ccccc1N. The normalized spacial score (nSPS) is 11.4. The van der Waals surface area contributed by atoms with Crippen molar-refractivity contribution in [1.29, 1.82) is 5.26 Å². The lowest BCUT2D eigenvalue weighted by molar-refractivity contribution is -0.384. The van der Waals surface area contributed by atoms with E-state index < -0.39 is 22.8 Å². The number of nitro groups is 1. The number of non-ortho nitro benzene ring substituents is 1. The molecular formula is C16H13N7O4. The van der Waals surface area contributed by atoms with Crippen LogP contribution in [-0.2, 0) is 4.79 Å². The van der Waals surface area contributed by atoms with Gasteiger partial charge in [-0.05, 0) is 24.3 Å². The Labute approximate surface area is 152 Å². The number of nitrogen functional groups attached to an aromatic ring is 1. The highest BCUT2D eigenvalue weighted by Gasteiger charge is 2.18. The summed E-state index contributed by atoms with van der Waals surface area (Å²) in [5.41, 5.74) is 10.3. The molecule has 0 spiro atoms. The van der Waals surface area contributed by atoms with Gasteiger partial charge in [0.25, 0.3) is 17.5 Å². The highest BCUT2D eigenvalue weighted by Crippen LogP contribution is 2.18. The van der Waals surface area contributed by atoms with Crippen LogP contribution in [0.15, 0.2) is 58.8 Å². The van der Waals surface area contributed by atoms with Crippen molar-refractivity contribution in [2.45, 2.75) is 6.04 Å². The molecule has 11 heteroatoms. The lowest BCUT2D eigenvalue weighted by Gasteiger charge is -2.09. The molecular weight excluding hydrogens is 354 g/mol. The van der Waals surface area contributed by atoms with Crippen LogP contribution in [0.5, 0.6) is 0 Å². The highest BCUT2D eigenvalue weighted by atomic mass is 16.6. The molecule has 0 radical (unpaired) electrons. The number of amides is 2. The third-order valence-corrected chi connectivity index (χ3v) is 3.22. The fourth-order valence-corrected chi connectivity index (χ4v) is 1.86. The second kappa shape index (κ2) is 8.67. The van der Waals surface area contributed by atoms with Gasteiger partial charge in [0, 0.05) is 17.8 Å². The minimum absolute atomic E-state index is 0.133. The van der Waals surface area contributed by atoms with Gasteiger partial charge in [-0.2, -0.15) is 15.5 Å². The van der Waals surface area contributed by atoms with Crippen molar-refractivity contribution in [3.8, 4) is 6.07 Å². The number of hydrogen-bond acceptors (Lipinski definition) is 8. The summed E-state index contributed by atoms with van der Waals surface area (Å²) in [5, 5.41) is 26.9. The Morgan fingerprint density at radius 2 is 1.81 bits per heavy atom. The van der Waals surface area contributed by atoms with Crippen LogP contribution in [0.1, 0.15) is 10.4 Å². The van der Waals surface area contributed by atoms with Gasteiger partial charge in [-0.25, -0.2) is 0 Å². The number of azo groups is 1. The quantitative estimate of drug-likeness (QED) is 0.313. The predicted octanol–water partition coefficient (Wildman–Crippen LogP) is 1.61. The van der Waals surface area contributed by atoms with Gasteiger partial charge in [0.1, 0.15) is 6.07 Å². The van der Waals surface area contributed by atoms with Gasteiger partial charge >= 0.3 is 0 Å². The zero-order valence-electron chi connectivity index (χ0n) is 13.7. The molecule has 0 unspecified atom stereocenters. The van der Waals surface area contributed by atoms with E-state index in [0.717, 1.165) is 0 Å². The summed E-state index contributed by atoms with van der Waals surface area (Å²) in [6.45, 7) is 0. The highest BCUT2D eigenvalue weighted by molar-refractivity contribution is 6.00. The average molecular weight is 367 g/mol. The van der Waals surface area contributed by atoms with Gasteiger partial charge in [0.2, 0.25) is 6.04 Å². The number of nitrogens with two attached hydrogens (primary N) is 1. The number of hydrogen-bond donors (Lipinski definition) is 3. The number of para-hydroxylation sites is 1. The van der Waals surface area contributed by atoms with Crippen LogP contribution in [0.2, 0.25) is 0 Å². The number of hydrazine groups is 1. The standard InChI is InChI=1S/C16H13N7O4/c17-9-14(20-19-10-5-7-11(8-6-10)23(26)27)16(25)22-21-15(24)12-3-1-2-4-13(12)18/h1-8,14H,18H2,(H,21,24)(H,22,25)/t14-/m1/s1. The maximum Gasteiger partial charge on any atom is 0.279 e. The zero-order valence-corrected chi connectivity index (χ0v) is 13.7. The van der Waals surface area contributed by atoms with Crippen LogP contribution in [0.4, 0.5) is 17.1 Å². The van der Waals surface area contributed by atoms with Crippen LogP contribution in [0.3, 0.4) is 0 Å². The zero-order chi connectivity index (χ0) is 19.8. The van der Waals surface area contributed by atoms with Crippen molar-refractivity contribution in [2.75, 3.05) is 5.73 Å². The maximum atomic E-state index is 11.9. The first-order valence-electron chi connectivity index (χ1n) is 7.42. The molecule has 0 heterocycles. The molecule has 0 aliphatic carbocycles. The molecule has 2 aromatic carbocycles. The Balaban J connectivity index is 1.97. The predicted molar refractivity (Wildman–Crippen MR) is 93.5 cm³/mol. The first-order valence-corrected chi connectivity index (χ1v) is 7.42. The van der Waals surface area contributed by atoms with Crippen molar-refractivity contribution in [3.63, 3.8) is 0 Å². The fraction of sp³-hybridized carbons (Fsp3) is 0.0625. The summed E-state index contributed by atoms with van der Waals surface area (Å²) < 4.78 is 0. The number of nitro benzene ring substituents is 1. The first kappa shape index (κ1) is 19.0. The Hall–Kier alpha value is -4.33. The first-order chi connectivity index (χ1) is 12.9. The smallest absolute Gasteiger partial charge is 0.279 e. The van der Waals surface area contributed by atoms with Crippen LogP contribution < -0.4 is 16.6 Å². The summed E-state index contributed by atoms with van der Waals surface area (Å²) in [7, 11) is 0. The van der Waals surface area contributed by atoms with Crippen LogP contribution >= 0.6 is 0 Å². The molecule has 11 nitrogen and oxygen atoms in total. The maximum absolute atomic E-state index is 11.9. The summed E-state index contributed by atoms with van der Waals surface area (Å²) in [5.74, 6) is -1.57. The monoisotopic (exact) mass is 367 g/mol. The van der Waals surface area contributed by atoms with Crippen LogP contribution in [0.25, 0.3) is 0 Å². The summed E-state index contributed by atoms with van der Waals surface area (Å²) in [6.07, 6.45) is 0. The van der Waals surface area contributed by atoms with Gasteiger partial charge in [-0.15, -0.1) is 0 Å². The third-order valence-electron chi connectivity index (χ3n) is 3.22. The molecule has 0 aliphatic heterocycles. The van der Waals surface area contributed by atoms with Crippen molar-refractivity contribution in [1.82, 2.24) is 10.9 Å². The molecule has 0 aliphatic rings. The van der Waals surface area contributed by atoms with E-state index in [0.29, 0.717) is 0 Å². The number of nitrogens with one attached hydrogen (secondary N) is 2. The molecule has 1 atom stereocenters. The number of rotatable bonds is 5. The molecule has 136 valence electrons. The molecule has 0 bridgehead atoms. The molecule has 2 aromatic rings. The van der Waals surface area contributed by atoms with Crippen molar-refractivity contribution < 1.29 is 14.5 Å². The minimum Gasteiger partial charge on any atom is -0.398 e. The van der Waals surface area contributed by atoms with E-state index >= 15 is 0 Å². The fourth-order valence-electron chi connectivity index (χ4n) is 1.86. The second-order valence-corrected chi connectivity index (χ2v) is 5.05. The summed E-state index contributed by atoms with van der Waals surface area (Å²) in [4.78, 5) is 33.9. The number of nitriles is 1. The Morgan fingerprint density at radius 3 is 2.41 bits per heavy atom. The van der Waals surface area contributed by atoms with E-state index in [2.05, 4.69) is 21.1 Å². The van der Waals surface area contributed by atoms with Crippen molar-refractivity contribution in [2.24, 2.45) is 10.2 Å². The molecule has 0 saturated heterocycles. The van der Waals surface area contributed by atoms with E-state index in [-0.39, 0.29) is 22.6 Å². The van der Waals surface area contributed by atoms with E-state index in [1.54, 1.807) is 18.2 Å². The molecule has 27 heavy (non-hydrogen) atoms. The molecule has 0 fully saturated rings.